The van der Waals surface area contributed by atoms with Gasteiger partial charge in [-0.2, -0.15) is 13.2 Å². The molecule has 0 aromatic carbocycles. The average molecular weight is 255 g/mol. The Balaban J connectivity index is 2.42. The quantitative estimate of drug-likeness (QED) is 0.877. The first-order chi connectivity index (χ1) is 7.43. The zero-order valence-corrected chi connectivity index (χ0v) is 9.65. The minimum Gasteiger partial charge on any atom is -0.362 e. The molecule has 16 heavy (non-hydrogen) atoms. The first-order valence-corrected chi connectivity index (χ1v) is 5.49. The van der Waals surface area contributed by atoms with Gasteiger partial charge in [0, 0.05) is 6.54 Å². The van der Waals surface area contributed by atoms with E-state index in [4.69, 9.17) is 0 Å². The number of rotatable bonds is 5. The highest BCUT2D eigenvalue weighted by Crippen LogP contribution is 2.24. The summed E-state index contributed by atoms with van der Waals surface area (Å²) in [5.74, 6) is 0. The molecule has 0 aliphatic heterocycles. The van der Waals surface area contributed by atoms with E-state index in [0.29, 0.717) is 16.7 Å². The summed E-state index contributed by atoms with van der Waals surface area (Å²) in [5.41, 5.74) is 0. The summed E-state index contributed by atoms with van der Waals surface area (Å²) in [6.45, 7) is 3.37. The molecule has 8 heteroatoms. The molecule has 4 nitrogen and oxygen atoms in total. The molecule has 0 bridgehead atoms. The van der Waals surface area contributed by atoms with Gasteiger partial charge < -0.3 is 10.1 Å². The van der Waals surface area contributed by atoms with E-state index in [0.717, 1.165) is 6.92 Å². The molecule has 92 valence electrons. The van der Waals surface area contributed by atoms with Gasteiger partial charge in [-0.3, -0.25) is 0 Å². The predicted octanol–water partition coefficient (Wildman–Crippen LogP) is 2.44. The molecule has 1 unspecified atom stereocenters. The maximum Gasteiger partial charge on any atom is 0.414 e. The van der Waals surface area contributed by atoms with Crippen molar-refractivity contribution in [1.82, 2.24) is 10.2 Å². The monoisotopic (exact) mass is 255 g/mol. The SMILES string of the molecule is CCNc1nnc(COC(C)C(F)(F)F)s1. The van der Waals surface area contributed by atoms with Crippen molar-refractivity contribution in [3.8, 4) is 0 Å². The molecule has 1 aromatic heterocycles. The Labute approximate surface area is 94.8 Å². The van der Waals surface area contributed by atoms with Gasteiger partial charge in [-0.1, -0.05) is 11.3 Å². The van der Waals surface area contributed by atoms with Crippen molar-refractivity contribution in [2.45, 2.75) is 32.7 Å². The first-order valence-electron chi connectivity index (χ1n) is 4.68. The normalized spacial score (nSPS) is 13.8. The molecule has 1 heterocycles. The molecule has 0 saturated carbocycles. The second-order valence-corrected chi connectivity index (χ2v) is 4.09. The minimum atomic E-state index is -4.34. The van der Waals surface area contributed by atoms with Gasteiger partial charge in [-0.25, -0.2) is 0 Å². The van der Waals surface area contributed by atoms with Crippen molar-refractivity contribution < 1.29 is 17.9 Å². The van der Waals surface area contributed by atoms with Gasteiger partial charge in [0.1, 0.15) is 11.6 Å². The fourth-order valence-corrected chi connectivity index (χ4v) is 1.56. The second kappa shape index (κ2) is 5.44. The van der Waals surface area contributed by atoms with Crippen LogP contribution in [0, 0.1) is 0 Å². The van der Waals surface area contributed by atoms with Crippen LogP contribution in [0.25, 0.3) is 0 Å². The van der Waals surface area contributed by atoms with Crippen molar-refractivity contribution in [3.63, 3.8) is 0 Å². The number of ether oxygens (including phenoxy) is 1. The van der Waals surface area contributed by atoms with Crippen molar-refractivity contribution >= 4 is 16.5 Å². The Morgan fingerprint density at radius 1 is 1.44 bits per heavy atom. The number of anilines is 1. The van der Waals surface area contributed by atoms with E-state index in [1.54, 1.807) is 0 Å². The maximum atomic E-state index is 12.1. The fourth-order valence-electron chi connectivity index (χ4n) is 0.825. The number of nitrogens with one attached hydrogen (secondary N) is 1. The van der Waals surface area contributed by atoms with Crippen LogP contribution >= 0.6 is 11.3 Å². The van der Waals surface area contributed by atoms with Crippen molar-refractivity contribution in [1.29, 1.82) is 0 Å². The van der Waals surface area contributed by atoms with Gasteiger partial charge in [0.25, 0.3) is 0 Å². The number of aromatic nitrogens is 2. The number of nitrogens with zero attached hydrogens (tertiary/aromatic N) is 2. The van der Waals surface area contributed by atoms with E-state index in [9.17, 15) is 13.2 Å². The molecule has 1 aromatic rings. The van der Waals surface area contributed by atoms with Gasteiger partial charge in [0.05, 0.1) is 0 Å². The molecule has 1 atom stereocenters. The van der Waals surface area contributed by atoms with Crippen LogP contribution in [0.3, 0.4) is 0 Å². The number of hydrogen-bond donors (Lipinski definition) is 1. The van der Waals surface area contributed by atoms with Gasteiger partial charge in [0.15, 0.2) is 6.10 Å². The zero-order valence-electron chi connectivity index (χ0n) is 8.84. The van der Waals surface area contributed by atoms with Gasteiger partial charge in [-0.05, 0) is 13.8 Å². The van der Waals surface area contributed by atoms with Crippen LogP contribution in [0.2, 0.25) is 0 Å². The molecule has 0 aliphatic rings. The van der Waals surface area contributed by atoms with Gasteiger partial charge in [-0.15, -0.1) is 10.2 Å². The number of hydrogen-bond acceptors (Lipinski definition) is 5. The van der Waals surface area contributed by atoms with Crippen LogP contribution in [0.1, 0.15) is 18.9 Å². The molecule has 0 aliphatic carbocycles. The third kappa shape index (κ3) is 3.93. The molecule has 0 radical (unpaired) electrons. The summed E-state index contributed by atoms with van der Waals surface area (Å²) in [6.07, 6.45) is -6.13. The highest BCUT2D eigenvalue weighted by Gasteiger charge is 2.37. The topological polar surface area (TPSA) is 47.0 Å². The summed E-state index contributed by atoms with van der Waals surface area (Å²) in [4.78, 5) is 0. The van der Waals surface area contributed by atoms with Gasteiger partial charge in [0.2, 0.25) is 5.13 Å². The summed E-state index contributed by atoms with van der Waals surface area (Å²) < 4.78 is 41.0. The summed E-state index contributed by atoms with van der Waals surface area (Å²) in [7, 11) is 0. The van der Waals surface area contributed by atoms with E-state index >= 15 is 0 Å². The third-order valence-electron chi connectivity index (χ3n) is 1.71. The van der Waals surface area contributed by atoms with Crippen molar-refractivity contribution in [3.05, 3.63) is 5.01 Å². The lowest BCUT2D eigenvalue weighted by Gasteiger charge is -2.14. The summed E-state index contributed by atoms with van der Waals surface area (Å²) in [5, 5.41) is 11.4. The molecular weight excluding hydrogens is 243 g/mol. The minimum absolute atomic E-state index is 0.177. The highest BCUT2D eigenvalue weighted by atomic mass is 32.1. The summed E-state index contributed by atoms with van der Waals surface area (Å²) in [6, 6.07) is 0. The number of alkyl halides is 3. The lowest BCUT2D eigenvalue weighted by Crippen LogP contribution is -2.28. The third-order valence-corrected chi connectivity index (χ3v) is 2.57. The van der Waals surface area contributed by atoms with Crippen molar-refractivity contribution in [2.75, 3.05) is 11.9 Å². The Bertz CT molecular complexity index is 329. The Kier molecular flexibility index (Phi) is 4.48. The lowest BCUT2D eigenvalue weighted by molar-refractivity contribution is -0.217. The summed E-state index contributed by atoms with van der Waals surface area (Å²) >= 11 is 1.18. The second-order valence-electron chi connectivity index (χ2n) is 3.03. The highest BCUT2D eigenvalue weighted by molar-refractivity contribution is 7.15. The van der Waals surface area contributed by atoms with Gasteiger partial charge >= 0.3 is 6.18 Å². The maximum absolute atomic E-state index is 12.1. The Hall–Kier alpha value is -0.890. The number of halogens is 3. The van der Waals surface area contributed by atoms with Crippen LogP contribution in [0.15, 0.2) is 0 Å². The molecule has 1 rings (SSSR count). The van der Waals surface area contributed by atoms with Crippen LogP contribution in [0.5, 0.6) is 0 Å². The molecule has 1 N–H and O–H groups in total. The van der Waals surface area contributed by atoms with E-state index in [1.807, 2.05) is 6.92 Å². The van der Waals surface area contributed by atoms with Crippen LogP contribution < -0.4 is 5.32 Å². The first kappa shape index (κ1) is 13.2. The molecule has 0 fully saturated rings. The van der Waals surface area contributed by atoms with E-state index in [-0.39, 0.29) is 6.61 Å². The lowest BCUT2D eigenvalue weighted by atomic mass is 10.4. The zero-order chi connectivity index (χ0) is 12.2. The molecule has 0 amide bonds. The molecular formula is C8H12F3N3OS. The van der Waals surface area contributed by atoms with E-state index in [1.165, 1.54) is 11.3 Å². The molecule has 0 spiro atoms. The average Bonchev–Trinajstić information content (AvgIpc) is 2.61. The van der Waals surface area contributed by atoms with E-state index < -0.39 is 12.3 Å². The van der Waals surface area contributed by atoms with Crippen LogP contribution in [0.4, 0.5) is 18.3 Å². The Morgan fingerprint density at radius 2 is 2.12 bits per heavy atom. The predicted molar refractivity (Wildman–Crippen MR) is 54.4 cm³/mol. The van der Waals surface area contributed by atoms with Crippen molar-refractivity contribution in [2.24, 2.45) is 0 Å². The smallest absolute Gasteiger partial charge is 0.362 e. The molecule has 0 saturated heterocycles. The largest absolute Gasteiger partial charge is 0.414 e. The standard InChI is InChI=1S/C8H12F3N3OS/c1-3-12-7-14-13-6(16-7)4-15-5(2)8(9,10)11/h5H,3-4H2,1-2H3,(H,12,14). The van der Waals surface area contributed by atoms with E-state index in [2.05, 4.69) is 20.3 Å². The van der Waals surface area contributed by atoms with Crippen LogP contribution in [-0.2, 0) is 11.3 Å². The van der Waals surface area contributed by atoms with Crippen LogP contribution in [-0.4, -0.2) is 29.0 Å². The fraction of sp³-hybridized carbons (Fsp3) is 0.750. The Morgan fingerprint density at radius 3 is 2.69 bits per heavy atom.